The normalized spacial score (nSPS) is 12.1. The van der Waals surface area contributed by atoms with E-state index in [1.54, 1.807) is 0 Å². The summed E-state index contributed by atoms with van der Waals surface area (Å²) in [5, 5.41) is 12.4. The molecule has 0 aromatic heterocycles. The molecule has 0 radical (unpaired) electrons. The quantitative estimate of drug-likeness (QED) is 0.826. The molecule has 1 N–H and O–H groups in total. The molecule has 0 bridgehead atoms. The Bertz CT molecular complexity index is 313. The summed E-state index contributed by atoms with van der Waals surface area (Å²) in [7, 11) is 1.90. The SMILES string of the molecule is CNC(CCC#N)c1ccc(Cl)cc1. The highest BCUT2D eigenvalue weighted by Crippen LogP contribution is 2.19. The van der Waals surface area contributed by atoms with Gasteiger partial charge in [-0.05, 0) is 31.2 Å². The van der Waals surface area contributed by atoms with Crippen LogP contribution in [0.3, 0.4) is 0 Å². The third kappa shape index (κ3) is 3.02. The van der Waals surface area contributed by atoms with Gasteiger partial charge in [0.05, 0.1) is 6.07 Å². The minimum Gasteiger partial charge on any atom is -0.313 e. The second-order valence-corrected chi connectivity index (χ2v) is 3.53. The van der Waals surface area contributed by atoms with E-state index >= 15 is 0 Å². The van der Waals surface area contributed by atoms with Crippen LogP contribution < -0.4 is 5.32 Å². The summed E-state index contributed by atoms with van der Waals surface area (Å²) in [4.78, 5) is 0. The first-order valence-electron chi connectivity index (χ1n) is 4.57. The average Bonchev–Trinajstić information content (AvgIpc) is 2.21. The third-order valence-electron chi connectivity index (χ3n) is 2.17. The van der Waals surface area contributed by atoms with Crippen LogP contribution in [0.5, 0.6) is 0 Å². The van der Waals surface area contributed by atoms with Gasteiger partial charge in [0.25, 0.3) is 0 Å². The summed E-state index contributed by atoms with van der Waals surface area (Å²) < 4.78 is 0. The van der Waals surface area contributed by atoms with Gasteiger partial charge in [0.1, 0.15) is 0 Å². The Balaban J connectivity index is 2.69. The van der Waals surface area contributed by atoms with E-state index in [0.717, 1.165) is 11.4 Å². The molecule has 0 amide bonds. The first-order chi connectivity index (χ1) is 6.77. The standard InChI is InChI=1S/C11H13ClN2/c1-14-11(3-2-8-13)9-4-6-10(12)7-5-9/h4-7,11,14H,2-3H2,1H3. The van der Waals surface area contributed by atoms with Crippen LogP contribution in [0.1, 0.15) is 24.4 Å². The fourth-order valence-corrected chi connectivity index (χ4v) is 1.51. The van der Waals surface area contributed by atoms with Crippen molar-refractivity contribution in [2.45, 2.75) is 18.9 Å². The van der Waals surface area contributed by atoms with Gasteiger partial charge in [0.2, 0.25) is 0 Å². The predicted octanol–water partition coefficient (Wildman–Crippen LogP) is 2.90. The van der Waals surface area contributed by atoms with Gasteiger partial charge in [-0.2, -0.15) is 5.26 Å². The van der Waals surface area contributed by atoms with Crippen LogP contribution in [0, 0.1) is 11.3 Å². The average molecular weight is 209 g/mol. The fraction of sp³-hybridized carbons (Fsp3) is 0.364. The lowest BCUT2D eigenvalue weighted by Crippen LogP contribution is -2.15. The first-order valence-corrected chi connectivity index (χ1v) is 4.95. The molecule has 0 saturated carbocycles. The van der Waals surface area contributed by atoms with Gasteiger partial charge in [-0.25, -0.2) is 0 Å². The highest BCUT2D eigenvalue weighted by molar-refractivity contribution is 6.30. The second kappa shape index (κ2) is 5.64. The third-order valence-corrected chi connectivity index (χ3v) is 2.42. The molecule has 1 rings (SSSR count). The Morgan fingerprint density at radius 2 is 2.07 bits per heavy atom. The molecule has 1 atom stereocenters. The van der Waals surface area contributed by atoms with E-state index < -0.39 is 0 Å². The van der Waals surface area contributed by atoms with Gasteiger partial charge in [0.15, 0.2) is 0 Å². The molecule has 1 unspecified atom stereocenters. The van der Waals surface area contributed by atoms with E-state index in [-0.39, 0.29) is 6.04 Å². The molecule has 74 valence electrons. The number of nitrogens with zero attached hydrogens (tertiary/aromatic N) is 1. The van der Waals surface area contributed by atoms with Crippen molar-refractivity contribution in [3.63, 3.8) is 0 Å². The molecule has 1 aromatic carbocycles. The summed E-state index contributed by atoms with van der Waals surface area (Å²) in [6.45, 7) is 0. The molecule has 1 aromatic rings. The van der Waals surface area contributed by atoms with E-state index in [1.165, 1.54) is 5.56 Å². The van der Waals surface area contributed by atoms with Crippen LogP contribution in [0.15, 0.2) is 24.3 Å². The van der Waals surface area contributed by atoms with E-state index in [1.807, 2.05) is 31.3 Å². The fourth-order valence-electron chi connectivity index (χ4n) is 1.38. The highest BCUT2D eigenvalue weighted by Gasteiger charge is 2.07. The van der Waals surface area contributed by atoms with Crippen molar-refractivity contribution >= 4 is 11.6 Å². The molecular formula is C11H13ClN2. The molecule has 0 heterocycles. The summed E-state index contributed by atoms with van der Waals surface area (Å²) in [6, 6.07) is 10.1. The lowest BCUT2D eigenvalue weighted by atomic mass is 10.0. The Labute approximate surface area is 89.5 Å². The molecular weight excluding hydrogens is 196 g/mol. The molecule has 14 heavy (non-hydrogen) atoms. The Hall–Kier alpha value is -1.04. The van der Waals surface area contributed by atoms with Crippen LogP contribution in [0.4, 0.5) is 0 Å². The van der Waals surface area contributed by atoms with Crippen molar-refractivity contribution in [1.29, 1.82) is 5.26 Å². The number of rotatable bonds is 4. The van der Waals surface area contributed by atoms with Gasteiger partial charge >= 0.3 is 0 Å². The van der Waals surface area contributed by atoms with Crippen molar-refractivity contribution < 1.29 is 0 Å². The molecule has 0 aliphatic rings. The Kier molecular flexibility index (Phi) is 4.45. The molecule has 3 heteroatoms. The van der Waals surface area contributed by atoms with Gasteiger partial charge in [0, 0.05) is 17.5 Å². The summed E-state index contributed by atoms with van der Waals surface area (Å²) >= 11 is 5.79. The number of nitriles is 1. The molecule has 0 aliphatic heterocycles. The summed E-state index contributed by atoms with van der Waals surface area (Å²) in [5.74, 6) is 0. The van der Waals surface area contributed by atoms with Crippen molar-refractivity contribution in [2.24, 2.45) is 0 Å². The smallest absolute Gasteiger partial charge is 0.0622 e. The maximum absolute atomic E-state index is 8.50. The Morgan fingerprint density at radius 1 is 1.43 bits per heavy atom. The van der Waals surface area contributed by atoms with Gasteiger partial charge in [-0.15, -0.1) is 0 Å². The zero-order valence-corrected chi connectivity index (χ0v) is 8.88. The molecule has 0 spiro atoms. The predicted molar refractivity (Wildman–Crippen MR) is 58.1 cm³/mol. The van der Waals surface area contributed by atoms with Gasteiger partial charge < -0.3 is 5.32 Å². The van der Waals surface area contributed by atoms with Crippen molar-refractivity contribution in [2.75, 3.05) is 7.05 Å². The number of halogens is 1. The van der Waals surface area contributed by atoms with E-state index in [9.17, 15) is 0 Å². The van der Waals surface area contributed by atoms with Crippen LogP contribution in [0.25, 0.3) is 0 Å². The lowest BCUT2D eigenvalue weighted by molar-refractivity contribution is 0.557. The van der Waals surface area contributed by atoms with Crippen molar-refractivity contribution in [3.05, 3.63) is 34.9 Å². The van der Waals surface area contributed by atoms with Crippen LogP contribution in [-0.4, -0.2) is 7.05 Å². The molecule has 0 fully saturated rings. The van der Waals surface area contributed by atoms with Crippen LogP contribution >= 0.6 is 11.6 Å². The van der Waals surface area contributed by atoms with Crippen LogP contribution in [0.2, 0.25) is 5.02 Å². The number of hydrogen-bond donors (Lipinski definition) is 1. The Morgan fingerprint density at radius 3 is 2.57 bits per heavy atom. The minimum atomic E-state index is 0.243. The number of hydrogen-bond acceptors (Lipinski definition) is 2. The van der Waals surface area contributed by atoms with Crippen molar-refractivity contribution in [1.82, 2.24) is 5.32 Å². The van der Waals surface area contributed by atoms with E-state index in [2.05, 4.69) is 11.4 Å². The zero-order valence-electron chi connectivity index (χ0n) is 8.13. The topological polar surface area (TPSA) is 35.8 Å². The van der Waals surface area contributed by atoms with E-state index in [0.29, 0.717) is 6.42 Å². The zero-order chi connectivity index (χ0) is 10.4. The maximum Gasteiger partial charge on any atom is 0.0622 e. The first kappa shape index (κ1) is 11.0. The monoisotopic (exact) mass is 208 g/mol. The molecule has 0 aliphatic carbocycles. The second-order valence-electron chi connectivity index (χ2n) is 3.09. The molecule has 0 saturated heterocycles. The molecule has 2 nitrogen and oxygen atoms in total. The maximum atomic E-state index is 8.50. The van der Waals surface area contributed by atoms with E-state index in [4.69, 9.17) is 16.9 Å². The highest BCUT2D eigenvalue weighted by atomic mass is 35.5. The summed E-state index contributed by atoms with van der Waals surface area (Å²) in [5.41, 5.74) is 1.17. The van der Waals surface area contributed by atoms with Crippen LogP contribution in [-0.2, 0) is 0 Å². The number of nitrogens with one attached hydrogen (secondary N) is 1. The largest absolute Gasteiger partial charge is 0.313 e. The number of benzene rings is 1. The minimum absolute atomic E-state index is 0.243. The van der Waals surface area contributed by atoms with Gasteiger partial charge in [-0.1, -0.05) is 23.7 Å². The van der Waals surface area contributed by atoms with Crippen molar-refractivity contribution in [3.8, 4) is 6.07 Å². The van der Waals surface area contributed by atoms with Gasteiger partial charge in [-0.3, -0.25) is 0 Å². The lowest BCUT2D eigenvalue weighted by Gasteiger charge is -2.14. The summed E-state index contributed by atoms with van der Waals surface area (Å²) in [6.07, 6.45) is 1.39.